The summed E-state index contributed by atoms with van der Waals surface area (Å²) in [7, 11) is -3.81. The second kappa shape index (κ2) is 13.2. The van der Waals surface area contributed by atoms with Gasteiger partial charge in [-0.05, 0) is 24.3 Å². The van der Waals surface area contributed by atoms with Gasteiger partial charge in [-0.15, -0.1) is 0 Å². The Balaban J connectivity index is 1.80. The van der Waals surface area contributed by atoms with Gasteiger partial charge in [0.15, 0.2) is 19.2 Å². The van der Waals surface area contributed by atoms with Crippen LogP contribution in [0.2, 0.25) is 0 Å². The van der Waals surface area contributed by atoms with E-state index in [4.69, 9.17) is 24.7 Å². The van der Waals surface area contributed by atoms with Crippen LogP contribution in [0.1, 0.15) is 13.8 Å². The fourth-order valence-corrected chi connectivity index (χ4v) is 4.53. The number of imidazole rings is 1. The molecule has 18 heteroatoms. The normalized spacial score (nSPS) is 11.9. The van der Waals surface area contributed by atoms with Crippen LogP contribution in [0, 0.1) is 0 Å². The summed E-state index contributed by atoms with van der Waals surface area (Å²) in [5, 5.41) is 0.473. The van der Waals surface area contributed by atoms with E-state index in [9.17, 15) is 23.9 Å². The minimum Gasteiger partial charge on any atom is -0.497 e. The molecule has 0 saturated carbocycles. The van der Waals surface area contributed by atoms with Crippen molar-refractivity contribution >= 4 is 48.4 Å². The second-order valence-corrected chi connectivity index (χ2v) is 10.2. The van der Waals surface area contributed by atoms with Crippen molar-refractivity contribution in [1.29, 1.82) is 0 Å². The zero-order valence-corrected chi connectivity index (χ0v) is 22.7. The molecule has 0 spiro atoms. The van der Waals surface area contributed by atoms with Crippen molar-refractivity contribution < 1.29 is 52.4 Å². The van der Waals surface area contributed by atoms with E-state index in [0.29, 0.717) is 21.9 Å². The Hall–Kier alpha value is -3.31. The maximum Gasteiger partial charge on any atom is 0.415 e. The van der Waals surface area contributed by atoms with Crippen molar-refractivity contribution in [2.24, 2.45) is 0 Å². The smallest absolute Gasteiger partial charge is 0.415 e. The minimum absolute atomic E-state index is 0.0276. The Labute approximate surface area is 225 Å². The number of benzene rings is 1. The molecule has 0 aliphatic rings. The van der Waals surface area contributed by atoms with Gasteiger partial charge in [0.2, 0.25) is 5.95 Å². The molecule has 0 atom stereocenters. The molecule has 0 unspecified atom stereocenters. The molecule has 0 fully saturated rings. The van der Waals surface area contributed by atoms with Gasteiger partial charge < -0.3 is 39.0 Å². The van der Waals surface area contributed by atoms with Crippen LogP contribution in [0.25, 0.3) is 11.2 Å². The summed E-state index contributed by atoms with van der Waals surface area (Å²) >= 11 is 1.30. The fourth-order valence-electron chi connectivity index (χ4n) is 2.95. The zero-order valence-electron chi connectivity index (χ0n) is 21.0. The summed E-state index contributed by atoms with van der Waals surface area (Å²) in [5.41, 5.74) is 3.60. The summed E-state index contributed by atoms with van der Waals surface area (Å²) in [5.74, 6) is -0.920. The molecule has 39 heavy (non-hydrogen) atoms. The fraction of sp³-hybridized carbons (Fsp3) is 0.381. The van der Waals surface area contributed by atoms with Crippen LogP contribution >= 0.6 is 19.4 Å². The van der Waals surface area contributed by atoms with E-state index in [2.05, 4.69) is 24.4 Å². The summed E-state index contributed by atoms with van der Waals surface area (Å²) < 4.78 is 43.4. The maximum atomic E-state index is 12.3. The third-order valence-corrected chi connectivity index (χ3v) is 6.79. The summed E-state index contributed by atoms with van der Waals surface area (Å²) in [4.78, 5) is 55.7. The first-order chi connectivity index (χ1) is 18.4. The van der Waals surface area contributed by atoms with Crippen molar-refractivity contribution in [3.05, 3.63) is 30.6 Å². The standard InChI is InChI=1S/C21H26N5O11PS/c1-13(27)33-11-36-21(38(29,30)31,37-12-34-14(2)28)35-9-8-26-10-23-17-18(26)24-20(22)25-19(17)39-16-6-4-15(32-3)5-7-16/h4-7,10H,8-9,11-12H2,1-3H3,(H2,22,24,25)(H2,29,30,31). The quantitative estimate of drug-likeness (QED) is 0.105. The predicted octanol–water partition coefficient (Wildman–Crippen LogP) is 1.45. The number of nitrogens with two attached hydrogens (primary N) is 1. The average molecular weight is 588 g/mol. The van der Waals surface area contributed by atoms with E-state index in [1.165, 1.54) is 22.7 Å². The van der Waals surface area contributed by atoms with E-state index in [0.717, 1.165) is 18.7 Å². The van der Waals surface area contributed by atoms with Crippen LogP contribution in [0.3, 0.4) is 0 Å². The van der Waals surface area contributed by atoms with Crippen molar-refractivity contribution in [1.82, 2.24) is 19.5 Å². The summed E-state index contributed by atoms with van der Waals surface area (Å²) in [6.07, 6.45) is 1.42. The number of nitrogen functional groups attached to an aromatic ring is 1. The Morgan fingerprint density at radius 3 is 2.21 bits per heavy atom. The van der Waals surface area contributed by atoms with Gasteiger partial charge in [0.05, 0.1) is 20.0 Å². The predicted molar refractivity (Wildman–Crippen MR) is 133 cm³/mol. The van der Waals surface area contributed by atoms with Gasteiger partial charge in [-0.2, -0.15) is 4.98 Å². The molecule has 212 valence electrons. The Kier molecular flexibility index (Phi) is 10.2. The highest BCUT2D eigenvalue weighted by Gasteiger charge is 2.53. The van der Waals surface area contributed by atoms with Crippen LogP contribution in [0.15, 0.2) is 40.5 Å². The largest absolute Gasteiger partial charge is 0.497 e. The highest BCUT2D eigenvalue weighted by molar-refractivity contribution is 7.99. The van der Waals surface area contributed by atoms with Gasteiger partial charge in [0.25, 0.3) is 0 Å². The molecule has 4 N–H and O–H groups in total. The molecule has 0 radical (unpaired) electrons. The summed E-state index contributed by atoms with van der Waals surface area (Å²) in [6.45, 7) is -0.227. The van der Waals surface area contributed by atoms with Crippen LogP contribution < -0.4 is 10.5 Å². The van der Waals surface area contributed by atoms with Crippen molar-refractivity contribution in [2.75, 3.05) is 33.0 Å². The van der Waals surface area contributed by atoms with E-state index >= 15 is 0 Å². The van der Waals surface area contributed by atoms with Gasteiger partial charge in [0.1, 0.15) is 16.3 Å². The van der Waals surface area contributed by atoms with E-state index in [-0.39, 0.29) is 12.5 Å². The molecule has 2 heterocycles. The van der Waals surface area contributed by atoms with Gasteiger partial charge >= 0.3 is 25.2 Å². The number of nitrogens with zero attached hydrogens (tertiary/aromatic N) is 4. The van der Waals surface area contributed by atoms with E-state index in [1.807, 2.05) is 12.1 Å². The molecular weight excluding hydrogens is 561 g/mol. The molecule has 2 aromatic heterocycles. The number of carbonyl (C=O) groups is 2. The van der Waals surface area contributed by atoms with Crippen molar-refractivity contribution in [3.8, 4) is 5.75 Å². The van der Waals surface area contributed by atoms with Crippen LogP contribution in [-0.4, -0.2) is 74.3 Å². The van der Waals surface area contributed by atoms with Crippen molar-refractivity contribution in [2.45, 2.75) is 36.0 Å². The SMILES string of the molecule is COc1ccc(Sc2nc(N)nc3c2ncn3CCOC(OCOC(C)=O)(OCOC(C)=O)P(=O)(O)O)cc1. The summed E-state index contributed by atoms with van der Waals surface area (Å²) in [6, 6.07) is 7.26. The number of ether oxygens (including phenoxy) is 6. The topological polar surface area (TPSA) is 217 Å². The van der Waals surface area contributed by atoms with Crippen LogP contribution in [0.4, 0.5) is 5.95 Å². The molecule has 16 nitrogen and oxygen atoms in total. The number of fused-ring (bicyclic) bond motifs is 1. The molecule has 3 rings (SSSR count). The second-order valence-electron chi connectivity index (χ2n) is 7.49. The molecule has 0 bridgehead atoms. The first-order valence-corrected chi connectivity index (χ1v) is 13.4. The molecule has 0 aliphatic heterocycles. The Bertz CT molecular complexity index is 1330. The number of carbonyl (C=O) groups excluding carboxylic acids is 2. The minimum atomic E-state index is -5.37. The average Bonchev–Trinajstić information content (AvgIpc) is 3.25. The number of methoxy groups -OCH3 is 1. The first-order valence-electron chi connectivity index (χ1n) is 11.0. The third-order valence-electron chi connectivity index (χ3n) is 4.70. The van der Waals surface area contributed by atoms with Gasteiger partial charge in [-0.25, -0.2) is 9.97 Å². The number of hydrogen-bond donors (Lipinski definition) is 3. The third kappa shape index (κ3) is 8.09. The number of anilines is 1. The molecule has 3 aromatic rings. The first kappa shape index (κ1) is 30.2. The lowest BCUT2D eigenvalue weighted by atomic mass is 10.3. The van der Waals surface area contributed by atoms with E-state index in [1.54, 1.807) is 19.2 Å². The Morgan fingerprint density at radius 2 is 1.67 bits per heavy atom. The number of rotatable bonds is 14. The number of esters is 2. The van der Waals surface area contributed by atoms with Crippen LogP contribution in [0.5, 0.6) is 5.75 Å². The lowest BCUT2D eigenvalue weighted by Gasteiger charge is -2.32. The lowest BCUT2D eigenvalue weighted by molar-refractivity contribution is -0.365. The monoisotopic (exact) mass is 587 g/mol. The zero-order chi connectivity index (χ0) is 28.6. The number of hydrogen-bond acceptors (Lipinski definition) is 14. The lowest BCUT2D eigenvalue weighted by Crippen LogP contribution is -2.41. The molecular formula is C21H26N5O11PS. The van der Waals surface area contributed by atoms with E-state index < -0.39 is 45.4 Å². The van der Waals surface area contributed by atoms with Gasteiger partial charge in [0, 0.05) is 25.3 Å². The van der Waals surface area contributed by atoms with Gasteiger partial charge in [-0.3, -0.25) is 23.6 Å². The van der Waals surface area contributed by atoms with Crippen molar-refractivity contribution in [3.63, 3.8) is 0 Å². The van der Waals surface area contributed by atoms with Crippen LogP contribution in [-0.2, 0) is 44.4 Å². The van der Waals surface area contributed by atoms with Gasteiger partial charge in [-0.1, -0.05) is 11.8 Å². The molecule has 1 aromatic carbocycles. The molecule has 0 saturated heterocycles. The highest BCUT2D eigenvalue weighted by atomic mass is 32.2. The highest BCUT2D eigenvalue weighted by Crippen LogP contribution is 2.53. The number of aromatic nitrogens is 4. The molecule has 0 amide bonds. The molecule has 0 aliphatic carbocycles. The Morgan fingerprint density at radius 1 is 1.05 bits per heavy atom. The maximum absolute atomic E-state index is 12.3.